The zero-order valence-corrected chi connectivity index (χ0v) is 14.4. The molecule has 0 heterocycles. The van der Waals surface area contributed by atoms with E-state index in [2.05, 4.69) is 11.2 Å². The fraction of sp³-hybridized carbons (Fsp3) is 0.733. The van der Waals surface area contributed by atoms with Crippen molar-refractivity contribution in [3.63, 3.8) is 0 Å². The minimum absolute atomic E-state index is 0.0204. The fourth-order valence-electron chi connectivity index (χ4n) is 1.53. The first-order chi connectivity index (χ1) is 12.2. The molecule has 0 rings (SSSR count). The van der Waals surface area contributed by atoms with E-state index in [1.54, 1.807) is 0 Å². The standard InChI is InChI=1S/C15H28N4O6/c1-2-3-4-5-14(20)17-6-7-22-8-9-23-10-11-24-12-13-25-15(21)18-19-16/h1,19H,3-13,16H2,(H,17,20)(H,18,21). The third-order valence-corrected chi connectivity index (χ3v) is 2.67. The lowest BCUT2D eigenvalue weighted by Crippen LogP contribution is -2.42. The summed E-state index contributed by atoms with van der Waals surface area (Å²) in [6, 6.07) is 0. The molecule has 0 fully saturated rings. The summed E-state index contributed by atoms with van der Waals surface area (Å²) in [6.07, 6.45) is 6.18. The first-order valence-corrected chi connectivity index (χ1v) is 8.02. The third-order valence-electron chi connectivity index (χ3n) is 2.67. The molecule has 0 spiro atoms. The number of ether oxygens (including phenoxy) is 4. The lowest BCUT2D eigenvalue weighted by molar-refractivity contribution is -0.121. The van der Waals surface area contributed by atoms with Gasteiger partial charge in [0.2, 0.25) is 5.91 Å². The maximum atomic E-state index is 11.4. The van der Waals surface area contributed by atoms with Crippen LogP contribution in [0.1, 0.15) is 19.3 Å². The van der Waals surface area contributed by atoms with Crippen LogP contribution in [0.25, 0.3) is 0 Å². The number of nitrogens with one attached hydrogen (secondary N) is 3. The third kappa shape index (κ3) is 18.3. The molecule has 0 aromatic heterocycles. The van der Waals surface area contributed by atoms with E-state index in [1.807, 2.05) is 11.0 Å². The number of hydrogen-bond donors (Lipinski definition) is 4. The Kier molecular flexibility index (Phi) is 17.0. The maximum Gasteiger partial charge on any atom is 0.422 e. The van der Waals surface area contributed by atoms with Crippen LogP contribution in [0.3, 0.4) is 0 Å². The number of hydrogen-bond acceptors (Lipinski definition) is 8. The summed E-state index contributed by atoms with van der Waals surface area (Å²) < 4.78 is 20.5. The predicted octanol–water partition coefficient (Wildman–Crippen LogP) is -0.940. The minimum Gasteiger partial charge on any atom is -0.446 e. The zero-order valence-electron chi connectivity index (χ0n) is 14.4. The van der Waals surface area contributed by atoms with E-state index >= 15 is 0 Å². The number of carbonyl (C=O) groups excluding carboxylic acids is 2. The van der Waals surface area contributed by atoms with E-state index in [9.17, 15) is 9.59 Å². The summed E-state index contributed by atoms with van der Waals surface area (Å²) in [5.41, 5.74) is 4.00. The molecule has 25 heavy (non-hydrogen) atoms. The van der Waals surface area contributed by atoms with Crippen molar-refractivity contribution >= 4 is 12.0 Å². The molecule has 0 saturated heterocycles. The minimum atomic E-state index is -0.678. The van der Waals surface area contributed by atoms with Crippen molar-refractivity contribution in [3.05, 3.63) is 0 Å². The van der Waals surface area contributed by atoms with Crippen LogP contribution in [-0.2, 0) is 23.7 Å². The molecule has 0 aliphatic heterocycles. The van der Waals surface area contributed by atoms with Gasteiger partial charge in [-0.05, 0) is 6.42 Å². The van der Waals surface area contributed by atoms with Crippen LogP contribution in [0.5, 0.6) is 0 Å². The van der Waals surface area contributed by atoms with Gasteiger partial charge in [-0.2, -0.15) is 5.53 Å². The first kappa shape index (κ1) is 23.1. The molecular formula is C15H28N4O6. The Morgan fingerprint density at radius 1 is 0.960 bits per heavy atom. The van der Waals surface area contributed by atoms with Gasteiger partial charge in [0.25, 0.3) is 0 Å². The van der Waals surface area contributed by atoms with Gasteiger partial charge in [-0.25, -0.2) is 10.2 Å². The van der Waals surface area contributed by atoms with E-state index in [0.29, 0.717) is 58.8 Å². The Bertz CT molecular complexity index is 389. The summed E-state index contributed by atoms with van der Waals surface area (Å²) in [7, 11) is 0. The molecular weight excluding hydrogens is 332 g/mol. The molecule has 144 valence electrons. The summed E-state index contributed by atoms with van der Waals surface area (Å²) in [6.45, 7) is 2.93. The van der Waals surface area contributed by atoms with Crippen molar-refractivity contribution in [3.8, 4) is 12.3 Å². The number of amides is 2. The Morgan fingerprint density at radius 2 is 1.56 bits per heavy atom. The molecule has 5 N–H and O–H groups in total. The van der Waals surface area contributed by atoms with Crippen molar-refractivity contribution < 1.29 is 28.5 Å². The molecule has 0 aliphatic rings. The van der Waals surface area contributed by atoms with E-state index in [0.717, 1.165) is 0 Å². The normalized spacial score (nSPS) is 10.1. The van der Waals surface area contributed by atoms with Gasteiger partial charge in [-0.15, -0.1) is 12.3 Å². The Balaban J connectivity index is 3.15. The van der Waals surface area contributed by atoms with Crippen LogP contribution in [0.2, 0.25) is 0 Å². The monoisotopic (exact) mass is 360 g/mol. The van der Waals surface area contributed by atoms with Crippen LogP contribution in [0, 0.1) is 12.3 Å². The highest BCUT2D eigenvalue weighted by Crippen LogP contribution is 1.92. The predicted molar refractivity (Wildman–Crippen MR) is 90.0 cm³/mol. The second-order valence-corrected chi connectivity index (χ2v) is 4.65. The Labute approximate surface area is 148 Å². The van der Waals surface area contributed by atoms with Crippen LogP contribution >= 0.6 is 0 Å². The molecule has 0 bridgehead atoms. The van der Waals surface area contributed by atoms with Crippen LogP contribution in [0.4, 0.5) is 4.79 Å². The van der Waals surface area contributed by atoms with Gasteiger partial charge < -0.3 is 24.3 Å². The lowest BCUT2D eigenvalue weighted by Gasteiger charge is -2.08. The average Bonchev–Trinajstić information content (AvgIpc) is 2.59. The van der Waals surface area contributed by atoms with Crippen molar-refractivity contribution in [1.82, 2.24) is 16.3 Å². The smallest absolute Gasteiger partial charge is 0.422 e. The van der Waals surface area contributed by atoms with Gasteiger partial charge in [0, 0.05) is 19.4 Å². The highest BCUT2D eigenvalue weighted by molar-refractivity contribution is 5.75. The SMILES string of the molecule is C#CCCCC(=O)NCCOCCOCCOCCOC(=O)NNN. The maximum absolute atomic E-state index is 11.4. The average molecular weight is 360 g/mol. The van der Waals surface area contributed by atoms with E-state index in [4.69, 9.17) is 31.2 Å². The topological polar surface area (TPSA) is 133 Å². The van der Waals surface area contributed by atoms with E-state index in [-0.39, 0.29) is 19.1 Å². The number of terminal acetylenes is 1. The molecule has 0 atom stereocenters. The lowest BCUT2D eigenvalue weighted by atomic mass is 10.2. The van der Waals surface area contributed by atoms with Crippen molar-refractivity contribution in [2.75, 3.05) is 52.8 Å². The molecule has 0 unspecified atom stereocenters. The van der Waals surface area contributed by atoms with Crippen LogP contribution in [-0.4, -0.2) is 64.8 Å². The fourth-order valence-corrected chi connectivity index (χ4v) is 1.53. The zero-order chi connectivity index (χ0) is 18.6. The van der Waals surface area contributed by atoms with Gasteiger partial charge in [-0.3, -0.25) is 10.6 Å². The van der Waals surface area contributed by atoms with Crippen molar-refractivity contribution in [2.24, 2.45) is 5.84 Å². The van der Waals surface area contributed by atoms with Gasteiger partial charge in [0.05, 0.1) is 39.6 Å². The van der Waals surface area contributed by atoms with Gasteiger partial charge >= 0.3 is 6.09 Å². The molecule has 0 radical (unpaired) electrons. The highest BCUT2D eigenvalue weighted by atomic mass is 16.6. The number of nitrogens with two attached hydrogens (primary N) is 1. The van der Waals surface area contributed by atoms with Crippen molar-refractivity contribution in [1.29, 1.82) is 0 Å². The Hall–Kier alpha value is -1.90. The van der Waals surface area contributed by atoms with Crippen molar-refractivity contribution in [2.45, 2.75) is 19.3 Å². The van der Waals surface area contributed by atoms with Gasteiger partial charge in [-0.1, -0.05) is 0 Å². The Morgan fingerprint density at radius 3 is 2.16 bits per heavy atom. The quantitative estimate of drug-likeness (QED) is 0.120. The van der Waals surface area contributed by atoms with E-state index in [1.165, 1.54) is 0 Å². The molecule has 2 amide bonds. The second kappa shape index (κ2) is 18.4. The summed E-state index contributed by atoms with van der Waals surface area (Å²) in [4.78, 5) is 22.2. The number of unbranched alkanes of at least 4 members (excludes halogenated alkanes) is 1. The number of carbonyl (C=O) groups is 2. The van der Waals surface area contributed by atoms with Gasteiger partial charge in [0.15, 0.2) is 0 Å². The second-order valence-electron chi connectivity index (χ2n) is 4.65. The largest absolute Gasteiger partial charge is 0.446 e. The molecule has 10 heteroatoms. The summed E-state index contributed by atoms with van der Waals surface area (Å²) in [5, 5.41) is 2.74. The van der Waals surface area contributed by atoms with Crippen LogP contribution < -0.4 is 22.1 Å². The molecule has 0 saturated carbocycles. The molecule has 0 aliphatic carbocycles. The van der Waals surface area contributed by atoms with E-state index < -0.39 is 6.09 Å². The summed E-state index contributed by atoms with van der Waals surface area (Å²) >= 11 is 0. The molecule has 10 nitrogen and oxygen atoms in total. The molecule has 0 aromatic rings. The van der Waals surface area contributed by atoms with Crippen LogP contribution in [0.15, 0.2) is 0 Å². The number of hydrazine groups is 2. The number of rotatable bonds is 16. The first-order valence-electron chi connectivity index (χ1n) is 8.02. The van der Waals surface area contributed by atoms with Gasteiger partial charge in [0.1, 0.15) is 6.61 Å². The summed E-state index contributed by atoms with van der Waals surface area (Å²) in [5.74, 6) is 7.33. The highest BCUT2D eigenvalue weighted by Gasteiger charge is 2.00. The molecule has 0 aromatic carbocycles.